The fourth-order valence-corrected chi connectivity index (χ4v) is 3.59. The van der Waals surface area contributed by atoms with E-state index >= 15 is 0 Å². The molecule has 140 valence electrons. The van der Waals surface area contributed by atoms with Gasteiger partial charge in [-0.2, -0.15) is 0 Å². The lowest BCUT2D eigenvalue weighted by molar-refractivity contribution is -0.902. The van der Waals surface area contributed by atoms with Crippen LogP contribution in [-0.4, -0.2) is 48.8 Å². The Balaban J connectivity index is 0.00000243. The predicted octanol–water partition coefficient (Wildman–Crippen LogP) is -0.291. The molecule has 0 bridgehead atoms. The van der Waals surface area contributed by atoms with E-state index in [1.165, 1.54) is 0 Å². The van der Waals surface area contributed by atoms with Crippen molar-refractivity contribution >= 4 is 5.97 Å². The number of rotatable bonds is 5. The van der Waals surface area contributed by atoms with Gasteiger partial charge in [0, 0.05) is 12.8 Å². The molecule has 2 aromatic rings. The number of quaternary nitrogens is 1. The molecule has 3 rings (SSSR count). The molecule has 0 spiro atoms. The second-order valence-corrected chi connectivity index (χ2v) is 7.34. The van der Waals surface area contributed by atoms with Crippen LogP contribution in [0, 0.1) is 0 Å². The Hall–Kier alpha value is -1.44. The van der Waals surface area contributed by atoms with E-state index in [4.69, 9.17) is 4.74 Å². The zero-order valence-electron chi connectivity index (χ0n) is 15.3. The highest BCUT2D eigenvalue weighted by Crippen LogP contribution is 2.32. The number of carbonyl (C=O) groups is 1. The summed E-state index contributed by atoms with van der Waals surface area (Å²) in [7, 11) is 4.32. The van der Waals surface area contributed by atoms with Gasteiger partial charge < -0.3 is 38.3 Å². The second-order valence-electron chi connectivity index (χ2n) is 7.34. The largest absolute Gasteiger partial charge is 1.00 e. The topological polar surface area (TPSA) is 46.5 Å². The Kier molecular flexibility index (Phi) is 6.82. The van der Waals surface area contributed by atoms with E-state index in [0.717, 1.165) is 23.9 Å². The van der Waals surface area contributed by atoms with Crippen LogP contribution in [0.25, 0.3) is 0 Å². The molecule has 1 unspecified atom stereocenters. The maximum atomic E-state index is 13.0. The Labute approximate surface area is 172 Å². The van der Waals surface area contributed by atoms with Gasteiger partial charge in [-0.15, -0.1) is 0 Å². The van der Waals surface area contributed by atoms with Crippen LogP contribution in [0.15, 0.2) is 60.7 Å². The van der Waals surface area contributed by atoms with Crippen molar-refractivity contribution in [2.45, 2.75) is 24.5 Å². The van der Waals surface area contributed by atoms with Crippen molar-refractivity contribution in [2.75, 3.05) is 27.2 Å². The van der Waals surface area contributed by atoms with E-state index in [1.54, 1.807) is 24.3 Å². The lowest BCUT2D eigenvalue weighted by atomic mass is 9.86. The highest BCUT2D eigenvalue weighted by atomic mass is 127. The van der Waals surface area contributed by atoms with Crippen LogP contribution in [0.1, 0.15) is 24.0 Å². The molecule has 0 radical (unpaired) electrons. The van der Waals surface area contributed by atoms with Gasteiger partial charge in [0.2, 0.25) is 5.60 Å². The molecule has 4 nitrogen and oxygen atoms in total. The fraction of sp³-hybridized carbons (Fsp3) is 0.381. The average molecular weight is 467 g/mol. The van der Waals surface area contributed by atoms with Gasteiger partial charge >= 0.3 is 5.97 Å². The first-order valence-corrected chi connectivity index (χ1v) is 8.78. The number of aliphatic hydroxyl groups is 1. The first-order valence-electron chi connectivity index (χ1n) is 8.78. The molecule has 0 aliphatic carbocycles. The predicted molar refractivity (Wildman–Crippen MR) is 96.8 cm³/mol. The van der Waals surface area contributed by atoms with Crippen LogP contribution in [0.2, 0.25) is 0 Å². The van der Waals surface area contributed by atoms with Crippen molar-refractivity contribution in [2.24, 2.45) is 0 Å². The summed E-state index contributed by atoms with van der Waals surface area (Å²) in [6.45, 7) is 1.41. The number of hydrogen-bond donors (Lipinski definition) is 1. The molecule has 0 aromatic heterocycles. The van der Waals surface area contributed by atoms with Crippen molar-refractivity contribution in [1.82, 2.24) is 0 Å². The van der Waals surface area contributed by atoms with Crippen LogP contribution in [0.5, 0.6) is 0 Å². The molecule has 26 heavy (non-hydrogen) atoms. The van der Waals surface area contributed by atoms with Crippen molar-refractivity contribution in [3.63, 3.8) is 0 Å². The molecule has 1 N–H and O–H groups in total. The number of benzene rings is 2. The summed E-state index contributed by atoms with van der Waals surface area (Å²) < 4.78 is 6.48. The van der Waals surface area contributed by atoms with E-state index in [9.17, 15) is 9.90 Å². The van der Waals surface area contributed by atoms with Gasteiger partial charge in [-0.3, -0.25) is 0 Å². The number of esters is 1. The SMILES string of the molecule is C[N+]1(C)CCCC1COC(=O)C(O)(c1ccccc1)c1ccccc1.[I-]. The van der Waals surface area contributed by atoms with Crippen molar-refractivity contribution in [1.29, 1.82) is 0 Å². The molecule has 1 saturated heterocycles. The minimum absolute atomic E-state index is 0. The molecular weight excluding hydrogens is 441 g/mol. The zero-order chi connectivity index (χ0) is 17.9. The minimum Gasteiger partial charge on any atom is -1.00 e. The molecule has 0 saturated carbocycles. The summed E-state index contributed by atoms with van der Waals surface area (Å²) in [5.41, 5.74) is -0.754. The van der Waals surface area contributed by atoms with Gasteiger partial charge in [0.05, 0.1) is 20.6 Å². The number of halogens is 1. The van der Waals surface area contributed by atoms with Gasteiger partial charge in [-0.1, -0.05) is 60.7 Å². The Morgan fingerprint density at radius 3 is 2.00 bits per heavy atom. The second kappa shape index (κ2) is 8.50. The highest BCUT2D eigenvalue weighted by molar-refractivity contribution is 5.85. The van der Waals surface area contributed by atoms with Crippen molar-refractivity contribution in [3.05, 3.63) is 71.8 Å². The van der Waals surface area contributed by atoms with Crippen LogP contribution >= 0.6 is 0 Å². The van der Waals surface area contributed by atoms with Gasteiger partial charge in [-0.25, -0.2) is 4.79 Å². The molecule has 1 aliphatic rings. The lowest BCUT2D eigenvalue weighted by Gasteiger charge is -2.32. The Morgan fingerprint density at radius 2 is 1.58 bits per heavy atom. The van der Waals surface area contributed by atoms with E-state index < -0.39 is 11.6 Å². The van der Waals surface area contributed by atoms with Crippen molar-refractivity contribution < 1.29 is 43.1 Å². The standard InChI is InChI=1S/C21H26NO3.HI/c1-22(2)15-9-14-19(22)16-25-20(23)21(24,17-10-5-3-6-11-17)18-12-7-4-8-13-18;/h3-8,10-13,19,24H,9,14-16H2,1-2H3;1H/q+1;/p-1. The number of likely N-dealkylation sites (tertiary alicyclic amines) is 1. The molecule has 1 fully saturated rings. The number of nitrogens with zero attached hydrogens (tertiary/aromatic N) is 1. The average Bonchev–Trinajstić information content (AvgIpc) is 2.98. The first kappa shape index (κ1) is 20.9. The zero-order valence-corrected chi connectivity index (χ0v) is 17.4. The molecule has 0 amide bonds. The molecule has 1 atom stereocenters. The summed E-state index contributed by atoms with van der Waals surface area (Å²) in [5, 5.41) is 11.3. The number of likely N-dealkylation sites (N-methyl/N-ethyl adjacent to an activating group) is 1. The van der Waals surface area contributed by atoms with E-state index in [1.807, 2.05) is 36.4 Å². The summed E-state index contributed by atoms with van der Waals surface area (Å²) in [5.74, 6) is -0.614. The van der Waals surface area contributed by atoms with Gasteiger partial charge in [-0.05, 0) is 11.1 Å². The Bertz CT molecular complexity index is 679. The van der Waals surface area contributed by atoms with E-state index in [2.05, 4.69) is 14.1 Å². The van der Waals surface area contributed by atoms with Gasteiger partial charge in [0.1, 0.15) is 12.6 Å². The van der Waals surface area contributed by atoms with Crippen molar-refractivity contribution in [3.8, 4) is 0 Å². The highest BCUT2D eigenvalue weighted by Gasteiger charge is 2.43. The maximum Gasteiger partial charge on any atom is 0.347 e. The smallest absolute Gasteiger partial charge is 0.347 e. The van der Waals surface area contributed by atoms with E-state index in [0.29, 0.717) is 17.7 Å². The number of carbonyl (C=O) groups excluding carboxylic acids is 1. The summed E-state index contributed by atoms with van der Waals surface area (Å²) >= 11 is 0. The normalized spacial score (nSPS) is 18.8. The summed E-state index contributed by atoms with van der Waals surface area (Å²) in [4.78, 5) is 13.0. The third-order valence-corrected chi connectivity index (χ3v) is 5.35. The third-order valence-electron chi connectivity index (χ3n) is 5.35. The van der Waals surface area contributed by atoms with Gasteiger partial charge in [0.25, 0.3) is 0 Å². The summed E-state index contributed by atoms with van der Waals surface area (Å²) in [6, 6.07) is 18.3. The Morgan fingerprint density at radius 1 is 1.08 bits per heavy atom. The van der Waals surface area contributed by atoms with Crippen LogP contribution in [0.4, 0.5) is 0 Å². The van der Waals surface area contributed by atoms with Gasteiger partial charge in [0.15, 0.2) is 0 Å². The third kappa shape index (κ3) is 4.10. The fourth-order valence-electron chi connectivity index (χ4n) is 3.59. The quantitative estimate of drug-likeness (QED) is 0.374. The number of ether oxygens (including phenoxy) is 1. The first-order chi connectivity index (χ1) is 11.9. The molecule has 1 aliphatic heterocycles. The monoisotopic (exact) mass is 467 g/mol. The molecule has 1 heterocycles. The van der Waals surface area contributed by atoms with Crippen LogP contribution < -0.4 is 24.0 Å². The maximum absolute atomic E-state index is 13.0. The molecule has 2 aromatic carbocycles. The summed E-state index contributed by atoms with van der Waals surface area (Å²) in [6.07, 6.45) is 2.17. The minimum atomic E-state index is -1.79. The van der Waals surface area contributed by atoms with Crippen LogP contribution in [-0.2, 0) is 15.1 Å². The number of hydrogen-bond acceptors (Lipinski definition) is 3. The lowest BCUT2D eigenvalue weighted by Crippen LogP contribution is -3.00. The van der Waals surface area contributed by atoms with Crippen LogP contribution in [0.3, 0.4) is 0 Å². The van der Waals surface area contributed by atoms with E-state index in [-0.39, 0.29) is 30.0 Å². The molecule has 5 heteroatoms. The molecular formula is C21H26INO3.